The van der Waals surface area contributed by atoms with Crippen LogP contribution in [0.25, 0.3) is 0 Å². The van der Waals surface area contributed by atoms with Crippen LogP contribution in [0.15, 0.2) is 26.0 Å². The minimum Gasteiger partial charge on any atom is -0.207 e. The quantitative estimate of drug-likeness (QED) is 0.600. The Morgan fingerprint density at radius 2 is 1.85 bits per heavy atom. The van der Waals surface area contributed by atoms with Crippen LogP contribution >= 0.6 is 43.5 Å². The molecule has 0 saturated heterocycles. The molecule has 1 aromatic rings. The van der Waals surface area contributed by atoms with Crippen LogP contribution in [-0.4, -0.2) is 31.2 Å². The molecule has 0 aliphatic carbocycles. The van der Waals surface area contributed by atoms with Crippen LogP contribution in [0.2, 0.25) is 0 Å². The maximum atomic E-state index is 12.8. The molecule has 114 valence electrons. The summed E-state index contributed by atoms with van der Waals surface area (Å²) in [5.74, 6) is 0.442. The topological polar surface area (TPSA) is 37.4 Å². The van der Waals surface area contributed by atoms with Crippen molar-refractivity contribution in [2.45, 2.75) is 38.1 Å². The first-order valence-electron chi connectivity index (χ1n) is 6.25. The molecule has 0 spiro atoms. The fourth-order valence-electron chi connectivity index (χ4n) is 1.82. The second-order valence-corrected chi connectivity index (χ2v) is 8.73. The van der Waals surface area contributed by atoms with Gasteiger partial charge in [-0.25, -0.2) is 8.42 Å². The molecule has 1 rings (SSSR count). The van der Waals surface area contributed by atoms with E-state index in [0.717, 1.165) is 10.0 Å². The van der Waals surface area contributed by atoms with E-state index in [0.29, 0.717) is 23.3 Å². The number of hydrogen-bond donors (Lipinski definition) is 0. The zero-order valence-electron chi connectivity index (χ0n) is 11.7. The molecule has 0 heterocycles. The summed E-state index contributed by atoms with van der Waals surface area (Å²) in [4.78, 5) is 0.276. The zero-order chi connectivity index (χ0) is 15.5. The van der Waals surface area contributed by atoms with Crippen molar-refractivity contribution in [1.29, 1.82) is 0 Å². The fourth-order valence-corrected chi connectivity index (χ4v) is 5.26. The van der Waals surface area contributed by atoms with Gasteiger partial charge in [-0.3, -0.25) is 0 Å². The molecule has 3 nitrogen and oxygen atoms in total. The second kappa shape index (κ2) is 7.58. The summed E-state index contributed by atoms with van der Waals surface area (Å²) >= 11 is 12.4. The van der Waals surface area contributed by atoms with Gasteiger partial charge in [-0.1, -0.05) is 15.9 Å². The van der Waals surface area contributed by atoms with Gasteiger partial charge in [0.05, 0.1) is 4.90 Å². The van der Waals surface area contributed by atoms with Gasteiger partial charge in [0.15, 0.2) is 0 Å². The number of nitrogens with zero attached hydrogens (tertiary/aromatic N) is 1. The molecule has 0 saturated carbocycles. The molecule has 1 aromatic carbocycles. The molecular formula is C13H18Br2ClNO2S. The summed E-state index contributed by atoms with van der Waals surface area (Å²) in [6, 6.07) is 3.33. The Kier molecular flexibility index (Phi) is 6.99. The normalized spacial score (nSPS) is 12.4. The van der Waals surface area contributed by atoms with Gasteiger partial charge in [-0.05, 0) is 60.8 Å². The Morgan fingerprint density at radius 1 is 1.25 bits per heavy atom. The molecule has 20 heavy (non-hydrogen) atoms. The Bertz CT molecular complexity index is 576. The van der Waals surface area contributed by atoms with Gasteiger partial charge in [0.25, 0.3) is 0 Å². The summed E-state index contributed by atoms with van der Waals surface area (Å²) in [6.45, 7) is 6.06. The predicted octanol–water partition coefficient (Wildman–Crippen LogP) is 4.55. The third-order valence-electron chi connectivity index (χ3n) is 2.89. The van der Waals surface area contributed by atoms with Crippen molar-refractivity contribution in [1.82, 2.24) is 4.31 Å². The number of rotatable bonds is 6. The Balaban J connectivity index is 3.29. The first-order chi connectivity index (χ1) is 9.21. The molecule has 0 N–H and O–H groups in total. The van der Waals surface area contributed by atoms with E-state index in [-0.39, 0.29) is 10.9 Å². The molecule has 0 unspecified atom stereocenters. The smallest absolute Gasteiger partial charge is 0.207 e. The number of alkyl halides is 1. The average molecular weight is 448 g/mol. The Labute approximate surface area is 143 Å². The average Bonchev–Trinajstić information content (AvgIpc) is 2.33. The van der Waals surface area contributed by atoms with Crippen LogP contribution in [0, 0.1) is 6.92 Å². The van der Waals surface area contributed by atoms with Crippen molar-refractivity contribution < 1.29 is 8.42 Å². The molecule has 0 aromatic heterocycles. The molecule has 7 heteroatoms. The molecular weight excluding hydrogens is 429 g/mol. The highest BCUT2D eigenvalue weighted by Crippen LogP contribution is 2.31. The second-order valence-electron chi connectivity index (χ2n) is 4.78. The van der Waals surface area contributed by atoms with Crippen molar-refractivity contribution in [3.05, 3.63) is 26.6 Å². The van der Waals surface area contributed by atoms with E-state index in [1.807, 2.05) is 20.8 Å². The third kappa shape index (κ3) is 4.19. The first-order valence-corrected chi connectivity index (χ1v) is 9.81. The number of benzene rings is 1. The van der Waals surface area contributed by atoms with E-state index < -0.39 is 10.0 Å². The van der Waals surface area contributed by atoms with Gasteiger partial charge < -0.3 is 0 Å². The largest absolute Gasteiger partial charge is 0.244 e. The first kappa shape index (κ1) is 18.4. The lowest BCUT2D eigenvalue weighted by Crippen LogP contribution is -2.38. The highest BCUT2D eigenvalue weighted by Gasteiger charge is 2.28. The van der Waals surface area contributed by atoms with Crippen molar-refractivity contribution in [3.8, 4) is 0 Å². The van der Waals surface area contributed by atoms with Gasteiger partial charge in [-0.2, -0.15) is 4.31 Å². The SMILES string of the molecule is Cc1cc(Br)c(S(=O)(=O)N(CCCCl)C(C)C)cc1Br. The van der Waals surface area contributed by atoms with E-state index >= 15 is 0 Å². The summed E-state index contributed by atoms with van der Waals surface area (Å²) < 4.78 is 28.4. The molecule has 0 aliphatic heterocycles. The monoisotopic (exact) mass is 445 g/mol. The summed E-state index contributed by atoms with van der Waals surface area (Å²) in [7, 11) is -3.54. The van der Waals surface area contributed by atoms with E-state index in [1.165, 1.54) is 4.31 Å². The molecule has 0 amide bonds. The highest BCUT2D eigenvalue weighted by atomic mass is 79.9. The van der Waals surface area contributed by atoms with E-state index in [2.05, 4.69) is 31.9 Å². The zero-order valence-corrected chi connectivity index (χ0v) is 16.4. The Hall–Kier alpha value is 0.380. The lowest BCUT2D eigenvalue weighted by Gasteiger charge is -2.26. The van der Waals surface area contributed by atoms with E-state index in [9.17, 15) is 8.42 Å². The molecule has 0 radical (unpaired) electrons. The van der Waals surface area contributed by atoms with Gasteiger partial charge >= 0.3 is 0 Å². The summed E-state index contributed by atoms with van der Waals surface area (Å²) in [5.41, 5.74) is 0.979. The molecule has 0 fully saturated rings. The number of aryl methyl sites for hydroxylation is 1. The predicted molar refractivity (Wildman–Crippen MR) is 90.9 cm³/mol. The third-order valence-corrected chi connectivity index (χ3v) is 7.04. The Morgan fingerprint density at radius 3 is 2.35 bits per heavy atom. The lowest BCUT2D eigenvalue weighted by atomic mass is 10.2. The van der Waals surface area contributed by atoms with Crippen molar-refractivity contribution in [2.75, 3.05) is 12.4 Å². The lowest BCUT2D eigenvalue weighted by molar-refractivity contribution is 0.354. The summed E-state index contributed by atoms with van der Waals surface area (Å²) in [6.07, 6.45) is 0.629. The van der Waals surface area contributed by atoms with Crippen LogP contribution in [-0.2, 0) is 10.0 Å². The van der Waals surface area contributed by atoms with Crippen LogP contribution < -0.4 is 0 Å². The van der Waals surface area contributed by atoms with Gasteiger partial charge in [0.1, 0.15) is 0 Å². The maximum absolute atomic E-state index is 12.8. The molecule has 0 bridgehead atoms. The minimum absolute atomic E-state index is 0.116. The van der Waals surface area contributed by atoms with Gasteiger partial charge in [0, 0.05) is 27.4 Å². The minimum atomic E-state index is -3.54. The van der Waals surface area contributed by atoms with Crippen LogP contribution in [0.4, 0.5) is 0 Å². The van der Waals surface area contributed by atoms with Crippen molar-refractivity contribution >= 4 is 53.5 Å². The van der Waals surface area contributed by atoms with Gasteiger partial charge in [0.2, 0.25) is 10.0 Å². The summed E-state index contributed by atoms with van der Waals surface area (Å²) in [5, 5.41) is 0. The van der Waals surface area contributed by atoms with Crippen LogP contribution in [0.5, 0.6) is 0 Å². The van der Waals surface area contributed by atoms with Crippen molar-refractivity contribution in [2.24, 2.45) is 0 Å². The fraction of sp³-hybridized carbons (Fsp3) is 0.538. The highest BCUT2D eigenvalue weighted by molar-refractivity contribution is 9.11. The van der Waals surface area contributed by atoms with Gasteiger partial charge in [-0.15, -0.1) is 11.6 Å². The standard InChI is InChI=1S/C13H18Br2ClNO2S/c1-9(2)17(6-4-5-16)20(18,19)13-8-11(14)10(3)7-12(13)15/h7-9H,4-6H2,1-3H3. The van der Waals surface area contributed by atoms with E-state index in [4.69, 9.17) is 11.6 Å². The molecule has 0 aliphatic rings. The molecule has 0 atom stereocenters. The van der Waals surface area contributed by atoms with Crippen LogP contribution in [0.1, 0.15) is 25.8 Å². The number of hydrogen-bond acceptors (Lipinski definition) is 2. The van der Waals surface area contributed by atoms with Crippen molar-refractivity contribution in [3.63, 3.8) is 0 Å². The maximum Gasteiger partial charge on any atom is 0.244 e. The number of sulfonamides is 1. The van der Waals surface area contributed by atoms with Crippen LogP contribution in [0.3, 0.4) is 0 Å². The number of halogens is 3. The van der Waals surface area contributed by atoms with E-state index in [1.54, 1.807) is 12.1 Å².